The first-order valence-corrected chi connectivity index (χ1v) is 8.47. The lowest BCUT2D eigenvalue weighted by molar-refractivity contribution is 0.288. The topological polar surface area (TPSA) is 9.23 Å². The summed E-state index contributed by atoms with van der Waals surface area (Å²) in [5.74, 6) is 1.02. The molecule has 0 radical (unpaired) electrons. The molecule has 0 bridgehead atoms. The molecule has 0 amide bonds. The molecule has 0 saturated carbocycles. The zero-order chi connectivity index (χ0) is 13.9. The Balaban J connectivity index is 1.87. The summed E-state index contributed by atoms with van der Waals surface area (Å²) in [4.78, 5) is 1.26. The Morgan fingerprint density at radius 3 is 2.60 bits per heavy atom. The molecule has 0 aromatic heterocycles. The van der Waals surface area contributed by atoms with E-state index in [1.165, 1.54) is 10.5 Å². The molecule has 3 heteroatoms. The molecule has 104 valence electrons. The Kier molecular flexibility index (Phi) is 4.23. The summed E-state index contributed by atoms with van der Waals surface area (Å²) in [7, 11) is 0. The number of thioether (sulfide) groups is 1. The molecule has 20 heavy (non-hydrogen) atoms. The number of alkyl halides is 1. The zero-order valence-electron chi connectivity index (χ0n) is 11.4. The van der Waals surface area contributed by atoms with Crippen LogP contribution < -0.4 is 4.74 Å². The van der Waals surface area contributed by atoms with Gasteiger partial charge in [0.15, 0.2) is 0 Å². The van der Waals surface area contributed by atoms with Crippen LogP contribution in [0.25, 0.3) is 0 Å². The van der Waals surface area contributed by atoms with Crippen LogP contribution in [0.3, 0.4) is 0 Å². The molecule has 2 aromatic rings. The van der Waals surface area contributed by atoms with Gasteiger partial charge in [0.2, 0.25) is 0 Å². The van der Waals surface area contributed by atoms with Crippen LogP contribution >= 0.6 is 23.4 Å². The van der Waals surface area contributed by atoms with Crippen molar-refractivity contribution in [2.75, 3.05) is 12.9 Å². The predicted molar refractivity (Wildman–Crippen MR) is 86.2 cm³/mol. The van der Waals surface area contributed by atoms with Crippen molar-refractivity contribution in [3.05, 3.63) is 59.2 Å². The molecule has 3 rings (SSSR count). The van der Waals surface area contributed by atoms with Gasteiger partial charge < -0.3 is 4.74 Å². The molecular weight excluding hydrogens is 288 g/mol. The lowest BCUT2D eigenvalue weighted by Crippen LogP contribution is -2.08. The van der Waals surface area contributed by atoms with Crippen molar-refractivity contribution in [2.45, 2.75) is 23.1 Å². The predicted octanol–water partition coefficient (Wildman–Crippen LogP) is 5.06. The summed E-state index contributed by atoms with van der Waals surface area (Å²) in [6, 6.07) is 14.8. The number of rotatable bonds is 3. The number of benzene rings is 2. The highest BCUT2D eigenvalue weighted by atomic mass is 35.5. The van der Waals surface area contributed by atoms with Gasteiger partial charge in [-0.05, 0) is 54.0 Å². The van der Waals surface area contributed by atoms with Gasteiger partial charge in [-0.15, -0.1) is 23.4 Å². The standard InChI is InChI=1S/C17H17ClOS/c1-20-15-7-4-12(5-8-15)17(18)14-6-9-16-13(11-14)3-2-10-19-16/h4-9,11,17H,2-3,10H2,1H3. The molecule has 1 aliphatic rings. The normalized spacial score (nSPS) is 15.3. The van der Waals surface area contributed by atoms with Crippen molar-refractivity contribution in [3.63, 3.8) is 0 Å². The lowest BCUT2D eigenvalue weighted by atomic mass is 9.99. The van der Waals surface area contributed by atoms with Crippen molar-refractivity contribution in [2.24, 2.45) is 0 Å². The molecule has 1 unspecified atom stereocenters. The zero-order valence-corrected chi connectivity index (χ0v) is 13.0. The molecule has 2 aromatic carbocycles. The summed E-state index contributed by atoms with van der Waals surface area (Å²) in [6.45, 7) is 0.826. The van der Waals surface area contributed by atoms with Crippen molar-refractivity contribution in [3.8, 4) is 5.75 Å². The van der Waals surface area contributed by atoms with E-state index >= 15 is 0 Å². The fourth-order valence-corrected chi connectivity index (χ4v) is 3.19. The number of hydrogen-bond acceptors (Lipinski definition) is 2. The highest BCUT2D eigenvalue weighted by Crippen LogP contribution is 2.34. The number of aryl methyl sites for hydroxylation is 1. The van der Waals surface area contributed by atoms with E-state index in [0.717, 1.165) is 36.3 Å². The van der Waals surface area contributed by atoms with Gasteiger partial charge in [0.05, 0.1) is 12.0 Å². The molecule has 0 fully saturated rings. The van der Waals surface area contributed by atoms with Crippen LogP contribution in [-0.2, 0) is 6.42 Å². The molecule has 0 aliphatic carbocycles. The molecule has 0 spiro atoms. The smallest absolute Gasteiger partial charge is 0.122 e. The summed E-state index contributed by atoms with van der Waals surface area (Å²) in [5.41, 5.74) is 3.56. The minimum Gasteiger partial charge on any atom is -0.493 e. The van der Waals surface area contributed by atoms with E-state index in [-0.39, 0.29) is 5.38 Å². The molecule has 1 nitrogen and oxygen atoms in total. The Bertz CT molecular complexity index is 594. The maximum atomic E-state index is 6.62. The summed E-state index contributed by atoms with van der Waals surface area (Å²) >= 11 is 8.37. The average Bonchev–Trinajstić information content (AvgIpc) is 2.54. The molecule has 0 saturated heterocycles. The second kappa shape index (κ2) is 6.11. The second-order valence-corrected chi connectivity index (χ2v) is 6.27. The molecule has 1 atom stereocenters. The third-order valence-electron chi connectivity index (χ3n) is 3.63. The maximum absolute atomic E-state index is 6.62. The fraction of sp³-hybridized carbons (Fsp3) is 0.294. The highest BCUT2D eigenvalue weighted by Gasteiger charge is 2.15. The number of ether oxygens (including phenoxy) is 1. The summed E-state index contributed by atoms with van der Waals surface area (Å²) in [5, 5.41) is -0.0990. The third-order valence-corrected chi connectivity index (χ3v) is 4.88. The first-order chi connectivity index (χ1) is 9.78. The van der Waals surface area contributed by atoms with Gasteiger partial charge in [0.1, 0.15) is 5.75 Å². The van der Waals surface area contributed by atoms with E-state index in [1.807, 2.05) is 0 Å². The van der Waals surface area contributed by atoms with Crippen molar-refractivity contribution in [1.82, 2.24) is 0 Å². The van der Waals surface area contributed by atoms with E-state index < -0.39 is 0 Å². The Hall–Kier alpha value is -1.12. The Morgan fingerprint density at radius 2 is 1.85 bits per heavy atom. The first-order valence-electron chi connectivity index (χ1n) is 6.81. The number of halogens is 1. The van der Waals surface area contributed by atoms with Gasteiger partial charge in [0, 0.05) is 4.90 Å². The monoisotopic (exact) mass is 304 g/mol. The molecule has 1 aliphatic heterocycles. The lowest BCUT2D eigenvalue weighted by Gasteiger charge is -2.19. The largest absolute Gasteiger partial charge is 0.493 e. The molecular formula is C17H17ClOS. The Labute approximate surface area is 129 Å². The third kappa shape index (κ3) is 2.82. The van der Waals surface area contributed by atoms with Crippen LogP contribution in [0.5, 0.6) is 5.75 Å². The van der Waals surface area contributed by atoms with Gasteiger partial charge in [-0.3, -0.25) is 0 Å². The summed E-state index contributed by atoms with van der Waals surface area (Å²) < 4.78 is 5.65. The Morgan fingerprint density at radius 1 is 1.10 bits per heavy atom. The number of hydrogen-bond donors (Lipinski definition) is 0. The van der Waals surface area contributed by atoms with Gasteiger partial charge in [-0.2, -0.15) is 0 Å². The highest BCUT2D eigenvalue weighted by molar-refractivity contribution is 7.98. The van der Waals surface area contributed by atoms with E-state index in [4.69, 9.17) is 16.3 Å². The minimum atomic E-state index is -0.0990. The van der Waals surface area contributed by atoms with Crippen molar-refractivity contribution in [1.29, 1.82) is 0 Å². The van der Waals surface area contributed by atoms with Crippen LogP contribution in [0, 0.1) is 0 Å². The minimum absolute atomic E-state index is 0.0990. The second-order valence-electron chi connectivity index (χ2n) is 4.95. The maximum Gasteiger partial charge on any atom is 0.122 e. The molecule has 1 heterocycles. The SMILES string of the molecule is CSc1ccc(C(Cl)c2ccc3c(c2)CCCO3)cc1. The first kappa shape index (κ1) is 13.8. The van der Waals surface area contributed by atoms with Gasteiger partial charge in [0.25, 0.3) is 0 Å². The van der Waals surface area contributed by atoms with E-state index in [1.54, 1.807) is 11.8 Å². The van der Waals surface area contributed by atoms with Crippen molar-refractivity contribution < 1.29 is 4.74 Å². The van der Waals surface area contributed by atoms with Crippen LogP contribution in [0.2, 0.25) is 0 Å². The van der Waals surface area contributed by atoms with Crippen LogP contribution in [0.4, 0.5) is 0 Å². The van der Waals surface area contributed by atoms with Crippen LogP contribution in [0.1, 0.15) is 28.5 Å². The van der Waals surface area contributed by atoms with E-state index in [2.05, 4.69) is 48.7 Å². The van der Waals surface area contributed by atoms with E-state index in [0.29, 0.717) is 0 Å². The van der Waals surface area contributed by atoms with Gasteiger partial charge in [-0.1, -0.05) is 24.3 Å². The van der Waals surface area contributed by atoms with Gasteiger partial charge in [-0.25, -0.2) is 0 Å². The van der Waals surface area contributed by atoms with Gasteiger partial charge >= 0.3 is 0 Å². The fourth-order valence-electron chi connectivity index (χ4n) is 2.50. The van der Waals surface area contributed by atoms with Crippen LogP contribution in [-0.4, -0.2) is 12.9 Å². The molecule has 0 N–H and O–H groups in total. The average molecular weight is 305 g/mol. The quantitative estimate of drug-likeness (QED) is 0.579. The van der Waals surface area contributed by atoms with E-state index in [9.17, 15) is 0 Å². The van der Waals surface area contributed by atoms with Crippen molar-refractivity contribution >= 4 is 23.4 Å². The summed E-state index contributed by atoms with van der Waals surface area (Å²) in [6.07, 6.45) is 4.25. The number of fused-ring (bicyclic) bond motifs is 1. The van der Waals surface area contributed by atoms with Crippen LogP contribution in [0.15, 0.2) is 47.4 Å².